The van der Waals surface area contributed by atoms with Gasteiger partial charge in [-0.05, 0) is 50.1 Å². The molecule has 1 saturated heterocycles. The number of pyridine rings is 1. The van der Waals surface area contributed by atoms with Crippen LogP contribution < -0.4 is 10.8 Å². The minimum atomic E-state index is -0.314. The molecule has 0 spiro atoms. The summed E-state index contributed by atoms with van der Waals surface area (Å²) in [6.07, 6.45) is 6.03. The van der Waals surface area contributed by atoms with Gasteiger partial charge < -0.3 is 9.88 Å². The van der Waals surface area contributed by atoms with Gasteiger partial charge in [0.05, 0.1) is 6.04 Å². The van der Waals surface area contributed by atoms with E-state index in [-0.39, 0.29) is 5.91 Å². The number of amides is 1. The Morgan fingerprint density at radius 1 is 1.18 bits per heavy atom. The Balaban J connectivity index is 1.56. The quantitative estimate of drug-likeness (QED) is 0.763. The smallest absolute Gasteiger partial charge is 0.299 e. The van der Waals surface area contributed by atoms with Gasteiger partial charge in [0.2, 0.25) is 0 Å². The molecule has 0 radical (unpaired) electrons. The summed E-state index contributed by atoms with van der Waals surface area (Å²) in [4.78, 5) is 17.0. The summed E-state index contributed by atoms with van der Waals surface area (Å²) in [7, 11) is 0. The van der Waals surface area contributed by atoms with Gasteiger partial charge in [0, 0.05) is 25.5 Å². The number of aryl methyl sites for hydroxylation is 1. The Labute approximate surface area is 164 Å². The zero-order valence-electron chi connectivity index (χ0n) is 16.1. The van der Waals surface area contributed by atoms with Gasteiger partial charge in [0.15, 0.2) is 5.69 Å². The highest BCUT2D eigenvalue weighted by molar-refractivity contribution is 5.92. The molecular formula is C22H25N5O. The second kappa shape index (κ2) is 8.35. The maximum absolute atomic E-state index is 12.7. The van der Waals surface area contributed by atoms with E-state index in [2.05, 4.69) is 46.6 Å². The average molecular weight is 375 g/mol. The van der Waals surface area contributed by atoms with E-state index in [1.807, 2.05) is 39.8 Å². The van der Waals surface area contributed by atoms with Gasteiger partial charge in [-0.15, -0.1) is 0 Å². The second-order valence-electron chi connectivity index (χ2n) is 7.27. The number of piperidine rings is 1. The van der Waals surface area contributed by atoms with Crippen LogP contribution in [-0.2, 0) is 6.54 Å². The van der Waals surface area contributed by atoms with Crippen molar-refractivity contribution in [3.63, 3.8) is 0 Å². The van der Waals surface area contributed by atoms with Crippen molar-refractivity contribution < 1.29 is 4.79 Å². The number of rotatable bonds is 4. The van der Waals surface area contributed by atoms with Gasteiger partial charge in [-0.3, -0.25) is 9.48 Å². The number of nitrogens with zero attached hydrogens (tertiary/aromatic N) is 4. The lowest BCUT2D eigenvalue weighted by Gasteiger charge is -2.22. The first kappa shape index (κ1) is 18.4. The Hall–Kier alpha value is -2.99. The van der Waals surface area contributed by atoms with Crippen LogP contribution in [0.25, 0.3) is 0 Å². The van der Waals surface area contributed by atoms with Crippen molar-refractivity contribution in [1.29, 1.82) is 0 Å². The molecule has 144 valence electrons. The van der Waals surface area contributed by atoms with Crippen LogP contribution in [0.2, 0.25) is 0 Å². The predicted molar refractivity (Wildman–Crippen MR) is 108 cm³/mol. The van der Waals surface area contributed by atoms with Crippen molar-refractivity contribution in [2.24, 2.45) is 4.99 Å². The van der Waals surface area contributed by atoms with Crippen LogP contribution in [0, 0.1) is 6.92 Å². The van der Waals surface area contributed by atoms with E-state index in [0.717, 1.165) is 25.9 Å². The van der Waals surface area contributed by atoms with E-state index < -0.39 is 0 Å². The maximum Gasteiger partial charge on any atom is 0.299 e. The van der Waals surface area contributed by atoms with Crippen molar-refractivity contribution in [2.45, 2.75) is 32.4 Å². The van der Waals surface area contributed by atoms with E-state index in [1.165, 1.54) is 11.1 Å². The van der Waals surface area contributed by atoms with Crippen LogP contribution in [0.1, 0.15) is 40.5 Å². The molecule has 1 atom stereocenters. The molecular weight excluding hydrogens is 350 g/mol. The fourth-order valence-corrected chi connectivity index (χ4v) is 3.47. The van der Waals surface area contributed by atoms with Crippen LogP contribution in [0.15, 0.2) is 65.9 Å². The second-order valence-corrected chi connectivity index (χ2v) is 7.27. The van der Waals surface area contributed by atoms with E-state index >= 15 is 0 Å². The molecule has 4 rings (SSSR count). The molecule has 1 aliphatic rings. The van der Waals surface area contributed by atoms with E-state index in [9.17, 15) is 4.79 Å². The summed E-state index contributed by atoms with van der Waals surface area (Å²) in [5.74, 6) is -0.314. The van der Waals surface area contributed by atoms with Crippen molar-refractivity contribution in [1.82, 2.24) is 19.7 Å². The summed E-state index contributed by atoms with van der Waals surface area (Å²) < 4.78 is 3.87. The minimum Gasteiger partial charge on any atom is -0.328 e. The monoisotopic (exact) mass is 375 g/mol. The third kappa shape index (κ3) is 4.28. The maximum atomic E-state index is 12.7. The van der Waals surface area contributed by atoms with Gasteiger partial charge >= 0.3 is 0 Å². The van der Waals surface area contributed by atoms with Gasteiger partial charge in [-0.25, -0.2) is 0 Å². The SMILES string of the molecule is Cc1ccc(Cn2ccccc2=NC(=O)c2ccn(C3CCCNC3)n2)cc1. The molecule has 0 bridgehead atoms. The van der Waals surface area contributed by atoms with E-state index in [0.29, 0.717) is 23.8 Å². The number of hydrogen-bond acceptors (Lipinski definition) is 3. The van der Waals surface area contributed by atoms with Crippen LogP contribution in [0.3, 0.4) is 0 Å². The Bertz CT molecular complexity index is 1010. The lowest BCUT2D eigenvalue weighted by atomic mass is 10.1. The molecule has 6 nitrogen and oxygen atoms in total. The summed E-state index contributed by atoms with van der Waals surface area (Å²) in [6, 6.07) is 16.1. The Morgan fingerprint density at radius 3 is 2.82 bits per heavy atom. The number of hydrogen-bond donors (Lipinski definition) is 1. The third-order valence-electron chi connectivity index (χ3n) is 5.08. The third-order valence-corrected chi connectivity index (χ3v) is 5.08. The van der Waals surface area contributed by atoms with E-state index in [1.54, 1.807) is 6.07 Å². The molecule has 6 heteroatoms. The minimum absolute atomic E-state index is 0.304. The molecule has 0 aliphatic carbocycles. The topological polar surface area (TPSA) is 64.2 Å². The molecule has 1 unspecified atom stereocenters. The average Bonchev–Trinajstić information content (AvgIpc) is 3.22. The fraction of sp³-hybridized carbons (Fsp3) is 0.318. The molecule has 1 aliphatic heterocycles. The van der Waals surface area contributed by atoms with Crippen molar-refractivity contribution in [2.75, 3.05) is 13.1 Å². The number of nitrogens with one attached hydrogen (secondary N) is 1. The zero-order valence-corrected chi connectivity index (χ0v) is 16.1. The molecule has 28 heavy (non-hydrogen) atoms. The standard InChI is InChI=1S/C22H25N5O/c1-17-7-9-18(10-8-17)16-26-13-3-2-6-21(26)24-22(28)20-11-14-27(25-20)19-5-4-12-23-15-19/h2-3,6-11,13-14,19,23H,4-5,12,15-16H2,1H3. The van der Waals surface area contributed by atoms with Crippen LogP contribution in [-0.4, -0.2) is 33.3 Å². The van der Waals surface area contributed by atoms with Crippen molar-refractivity contribution in [3.8, 4) is 0 Å². The Morgan fingerprint density at radius 2 is 2.04 bits per heavy atom. The highest BCUT2D eigenvalue weighted by atomic mass is 16.1. The van der Waals surface area contributed by atoms with Crippen molar-refractivity contribution >= 4 is 5.91 Å². The summed E-state index contributed by atoms with van der Waals surface area (Å²) in [5.41, 5.74) is 3.41. The van der Waals surface area contributed by atoms with Gasteiger partial charge in [0.1, 0.15) is 5.49 Å². The molecule has 1 aromatic carbocycles. The molecule has 1 fully saturated rings. The normalized spacial score (nSPS) is 17.6. The van der Waals surface area contributed by atoms with Crippen molar-refractivity contribution in [3.05, 3.63) is 83.2 Å². The fourth-order valence-electron chi connectivity index (χ4n) is 3.47. The summed E-state index contributed by atoms with van der Waals surface area (Å²) in [5, 5.41) is 7.85. The summed E-state index contributed by atoms with van der Waals surface area (Å²) >= 11 is 0. The lowest BCUT2D eigenvalue weighted by molar-refractivity contribution is 0.0991. The number of aromatic nitrogens is 3. The zero-order chi connectivity index (χ0) is 19.3. The molecule has 3 heterocycles. The number of carbonyl (C=O) groups is 1. The highest BCUT2D eigenvalue weighted by Gasteiger charge is 2.17. The first-order chi connectivity index (χ1) is 13.7. The highest BCUT2D eigenvalue weighted by Crippen LogP contribution is 2.15. The first-order valence-electron chi connectivity index (χ1n) is 9.75. The predicted octanol–water partition coefficient (Wildman–Crippen LogP) is 2.71. The number of benzene rings is 1. The van der Waals surface area contributed by atoms with Gasteiger partial charge in [-0.1, -0.05) is 35.9 Å². The van der Waals surface area contributed by atoms with Crippen LogP contribution in [0.5, 0.6) is 0 Å². The molecule has 2 aromatic heterocycles. The lowest BCUT2D eigenvalue weighted by Crippen LogP contribution is -2.32. The molecule has 3 aromatic rings. The van der Waals surface area contributed by atoms with Crippen LogP contribution >= 0.6 is 0 Å². The van der Waals surface area contributed by atoms with Crippen LogP contribution in [0.4, 0.5) is 0 Å². The Kier molecular flexibility index (Phi) is 5.48. The first-order valence-corrected chi connectivity index (χ1v) is 9.75. The largest absolute Gasteiger partial charge is 0.328 e. The summed E-state index contributed by atoms with van der Waals surface area (Å²) in [6.45, 7) is 4.67. The molecule has 1 N–H and O–H groups in total. The van der Waals surface area contributed by atoms with E-state index in [4.69, 9.17) is 0 Å². The van der Waals surface area contributed by atoms with Gasteiger partial charge in [-0.2, -0.15) is 10.1 Å². The van der Waals surface area contributed by atoms with Gasteiger partial charge in [0.25, 0.3) is 5.91 Å². The molecule has 1 amide bonds. The molecule has 0 saturated carbocycles. The number of carbonyl (C=O) groups excluding carboxylic acids is 1.